The van der Waals surface area contributed by atoms with E-state index in [2.05, 4.69) is 5.32 Å². The lowest BCUT2D eigenvalue weighted by molar-refractivity contribution is -0.140. The van der Waals surface area contributed by atoms with E-state index in [0.29, 0.717) is 23.7 Å². The number of anilines is 1. The molecule has 3 rings (SSSR count). The van der Waals surface area contributed by atoms with Gasteiger partial charge in [-0.3, -0.25) is 13.9 Å². The van der Waals surface area contributed by atoms with Gasteiger partial charge in [0.2, 0.25) is 11.8 Å². The van der Waals surface area contributed by atoms with Crippen molar-refractivity contribution in [3.63, 3.8) is 0 Å². The molecule has 0 aromatic heterocycles. The summed E-state index contributed by atoms with van der Waals surface area (Å²) >= 11 is 5.99. The summed E-state index contributed by atoms with van der Waals surface area (Å²) in [6.07, 6.45) is 0.373. The molecule has 202 valence electrons. The van der Waals surface area contributed by atoms with E-state index in [-0.39, 0.29) is 17.3 Å². The Labute approximate surface area is 230 Å². The standard InChI is InChI=1S/C29H34ClN3O4S/c1-5-27(29(35)31-6-2)32(19-23-12-8-7-11-22(23)4)28(34)20-33(25-13-9-10-21(3)18-25)38(36,37)26-16-14-24(30)15-17-26/h7-18,27H,5-6,19-20H2,1-4H3,(H,31,35). The molecule has 1 N–H and O–H groups in total. The number of nitrogens with zero attached hydrogens (tertiary/aromatic N) is 2. The second-order valence-electron chi connectivity index (χ2n) is 9.07. The van der Waals surface area contributed by atoms with E-state index in [1.165, 1.54) is 29.2 Å². The lowest BCUT2D eigenvalue weighted by atomic mass is 10.1. The Morgan fingerprint density at radius 2 is 1.63 bits per heavy atom. The maximum absolute atomic E-state index is 14.0. The minimum Gasteiger partial charge on any atom is -0.355 e. The third kappa shape index (κ3) is 6.94. The Bertz CT molecular complexity index is 1380. The highest BCUT2D eigenvalue weighted by Gasteiger charge is 2.33. The highest BCUT2D eigenvalue weighted by atomic mass is 35.5. The molecule has 1 atom stereocenters. The van der Waals surface area contributed by atoms with E-state index in [1.807, 2.05) is 58.0 Å². The summed E-state index contributed by atoms with van der Waals surface area (Å²) in [7, 11) is -4.13. The van der Waals surface area contributed by atoms with Crippen molar-refractivity contribution in [3.8, 4) is 0 Å². The first kappa shape index (κ1) is 29.2. The van der Waals surface area contributed by atoms with Crippen LogP contribution >= 0.6 is 11.6 Å². The second-order valence-corrected chi connectivity index (χ2v) is 11.4. The smallest absolute Gasteiger partial charge is 0.264 e. The molecule has 2 amide bonds. The van der Waals surface area contributed by atoms with Gasteiger partial charge in [0.25, 0.3) is 10.0 Å². The summed E-state index contributed by atoms with van der Waals surface area (Å²) in [6.45, 7) is 7.55. The Kier molecular flexibility index (Phi) is 9.94. The molecule has 9 heteroatoms. The fraction of sp³-hybridized carbons (Fsp3) is 0.310. The Morgan fingerprint density at radius 3 is 2.24 bits per heavy atom. The molecule has 0 aliphatic carbocycles. The van der Waals surface area contributed by atoms with E-state index in [4.69, 9.17) is 11.6 Å². The van der Waals surface area contributed by atoms with E-state index in [9.17, 15) is 18.0 Å². The van der Waals surface area contributed by atoms with E-state index in [0.717, 1.165) is 21.0 Å². The summed E-state index contributed by atoms with van der Waals surface area (Å²) in [5, 5.41) is 3.21. The largest absolute Gasteiger partial charge is 0.355 e. The fourth-order valence-electron chi connectivity index (χ4n) is 4.23. The van der Waals surface area contributed by atoms with Crippen molar-refractivity contribution in [1.82, 2.24) is 10.2 Å². The molecule has 0 spiro atoms. The van der Waals surface area contributed by atoms with Gasteiger partial charge in [-0.05, 0) is 80.3 Å². The molecule has 3 aromatic rings. The number of amides is 2. The number of sulfonamides is 1. The first-order chi connectivity index (χ1) is 18.1. The summed E-state index contributed by atoms with van der Waals surface area (Å²) in [5.74, 6) is -0.759. The van der Waals surface area contributed by atoms with Gasteiger partial charge in [0.05, 0.1) is 10.6 Å². The number of halogens is 1. The number of benzene rings is 3. The number of hydrogen-bond acceptors (Lipinski definition) is 4. The number of aryl methyl sites for hydroxylation is 2. The van der Waals surface area contributed by atoms with Crippen molar-refractivity contribution in [2.45, 2.75) is 51.6 Å². The molecule has 7 nitrogen and oxygen atoms in total. The zero-order valence-corrected chi connectivity index (χ0v) is 23.7. The quantitative estimate of drug-likeness (QED) is 0.357. The molecule has 0 bridgehead atoms. The van der Waals surface area contributed by atoms with Gasteiger partial charge in [-0.15, -0.1) is 0 Å². The Hall–Kier alpha value is -3.36. The number of rotatable bonds is 11. The first-order valence-corrected chi connectivity index (χ1v) is 14.4. The van der Waals surface area contributed by atoms with Gasteiger partial charge >= 0.3 is 0 Å². The molecular formula is C29H34ClN3O4S. The monoisotopic (exact) mass is 555 g/mol. The summed E-state index contributed by atoms with van der Waals surface area (Å²) in [4.78, 5) is 28.5. The van der Waals surface area contributed by atoms with Crippen molar-refractivity contribution < 1.29 is 18.0 Å². The van der Waals surface area contributed by atoms with Crippen LogP contribution in [0.4, 0.5) is 5.69 Å². The highest BCUT2D eigenvalue weighted by Crippen LogP contribution is 2.26. The SMILES string of the molecule is CCNC(=O)C(CC)N(Cc1ccccc1C)C(=O)CN(c1cccc(C)c1)S(=O)(=O)c1ccc(Cl)cc1. The normalized spacial score (nSPS) is 12.0. The van der Waals surface area contributed by atoms with Crippen molar-refractivity contribution >= 4 is 39.1 Å². The van der Waals surface area contributed by atoms with Crippen molar-refractivity contribution in [3.05, 3.63) is 94.5 Å². The topological polar surface area (TPSA) is 86.8 Å². The van der Waals surface area contributed by atoms with Crippen LogP contribution in [0.2, 0.25) is 5.02 Å². The number of carbonyl (C=O) groups is 2. The molecule has 0 radical (unpaired) electrons. The summed E-state index contributed by atoms with van der Waals surface area (Å²) < 4.78 is 28.8. The number of carbonyl (C=O) groups excluding carboxylic acids is 2. The van der Waals surface area contributed by atoms with Crippen LogP contribution in [0, 0.1) is 13.8 Å². The second kappa shape index (κ2) is 12.9. The van der Waals surface area contributed by atoms with Crippen LogP contribution in [-0.2, 0) is 26.2 Å². The van der Waals surface area contributed by atoms with Crippen LogP contribution in [0.5, 0.6) is 0 Å². The molecule has 0 fully saturated rings. The predicted molar refractivity (Wildman–Crippen MR) is 152 cm³/mol. The van der Waals surface area contributed by atoms with Gasteiger partial charge in [-0.2, -0.15) is 0 Å². The highest BCUT2D eigenvalue weighted by molar-refractivity contribution is 7.92. The van der Waals surface area contributed by atoms with Crippen LogP contribution in [-0.4, -0.2) is 44.3 Å². The summed E-state index contributed by atoms with van der Waals surface area (Å²) in [5.41, 5.74) is 3.05. The number of nitrogens with one attached hydrogen (secondary N) is 1. The van der Waals surface area contributed by atoms with Crippen LogP contribution in [0.15, 0.2) is 77.7 Å². The van der Waals surface area contributed by atoms with Gasteiger partial charge in [0, 0.05) is 18.1 Å². The van der Waals surface area contributed by atoms with Gasteiger partial charge < -0.3 is 10.2 Å². The molecule has 0 aliphatic heterocycles. The van der Waals surface area contributed by atoms with E-state index in [1.54, 1.807) is 18.2 Å². The Balaban J connectivity index is 2.07. The zero-order chi connectivity index (χ0) is 27.9. The van der Waals surface area contributed by atoms with Gasteiger partial charge in [0.15, 0.2) is 0 Å². The van der Waals surface area contributed by atoms with Gasteiger partial charge in [-0.25, -0.2) is 8.42 Å². The molecule has 38 heavy (non-hydrogen) atoms. The average molecular weight is 556 g/mol. The van der Waals surface area contributed by atoms with Crippen LogP contribution < -0.4 is 9.62 Å². The molecule has 0 saturated carbocycles. The first-order valence-electron chi connectivity index (χ1n) is 12.5. The van der Waals surface area contributed by atoms with Gasteiger partial charge in [-0.1, -0.05) is 54.9 Å². The van der Waals surface area contributed by atoms with Crippen molar-refractivity contribution in [2.75, 3.05) is 17.4 Å². The minimum atomic E-state index is -4.13. The number of likely N-dealkylation sites (N-methyl/N-ethyl adjacent to an activating group) is 1. The van der Waals surface area contributed by atoms with Crippen molar-refractivity contribution in [2.24, 2.45) is 0 Å². The molecule has 3 aromatic carbocycles. The van der Waals surface area contributed by atoms with Crippen molar-refractivity contribution in [1.29, 1.82) is 0 Å². The predicted octanol–water partition coefficient (Wildman–Crippen LogP) is 5.10. The third-order valence-electron chi connectivity index (χ3n) is 6.31. The molecule has 0 aliphatic rings. The number of hydrogen-bond donors (Lipinski definition) is 1. The zero-order valence-electron chi connectivity index (χ0n) is 22.1. The lowest BCUT2D eigenvalue weighted by Crippen LogP contribution is -2.52. The van der Waals surface area contributed by atoms with Crippen LogP contribution in [0.25, 0.3) is 0 Å². The average Bonchev–Trinajstić information content (AvgIpc) is 2.88. The fourth-order valence-corrected chi connectivity index (χ4v) is 5.76. The Morgan fingerprint density at radius 1 is 0.947 bits per heavy atom. The minimum absolute atomic E-state index is 0.0115. The van der Waals surface area contributed by atoms with E-state index < -0.39 is 28.5 Å². The lowest BCUT2D eigenvalue weighted by Gasteiger charge is -2.33. The maximum atomic E-state index is 14.0. The molecule has 0 heterocycles. The third-order valence-corrected chi connectivity index (χ3v) is 8.35. The van der Waals surface area contributed by atoms with Crippen LogP contribution in [0.3, 0.4) is 0 Å². The summed E-state index contributed by atoms with van der Waals surface area (Å²) in [6, 6.07) is 19.7. The molecule has 1 unspecified atom stereocenters. The van der Waals surface area contributed by atoms with E-state index >= 15 is 0 Å². The molecule has 0 saturated heterocycles. The maximum Gasteiger partial charge on any atom is 0.264 e. The molecular weight excluding hydrogens is 522 g/mol. The van der Waals surface area contributed by atoms with Crippen LogP contribution in [0.1, 0.15) is 37.0 Å². The van der Waals surface area contributed by atoms with Gasteiger partial charge in [0.1, 0.15) is 12.6 Å².